The Labute approximate surface area is 146 Å². The van der Waals surface area contributed by atoms with Crippen LogP contribution in [-0.4, -0.2) is 43.7 Å². The number of carbonyl (C=O) groups excluding carboxylic acids is 2. The second kappa shape index (κ2) is 9.56. The van der Waals surface area contributed by atoms with E-state index in [1.54, 1.807) is 12.1 Å². The fraction of sp³-hybridized carbons (Fsp3) is 0.500. The summed E-state index contributed by atoms with van der Waals surface area (Å²) in [4.78, 5) is 23.8. The van der Waals surface area contributed by atoms with E-state index in [2.05, 4.69) is 10.6 Å². The Morgan fingerprint density at radius 1 is 1.21 bits per heavy atom. The molecule has 0 aliphatic carbocycles. The predicted molar refractivity (Wildman–Crippen MR) is 90.3 cm³/mol. The summed E-state index contributed by atoms with van der Waals surface area (Å²) in [6.45, 7) is 1.56. The van der Waals surface area contributed by atoms with Gasteiger partial charge in [-0.25, -0.2) is 4.39 Å². The van der Waals surface area contributed by atoms with Crippen LogP contribution in [0.3, 0.4) is 0 Å². The summed E-state index contributed by atoms with van der Waals surface area (Å²) in [5.74, 6) is -0.814. The highest BCUT2D eigenvalue weighted by molar-refractivity contribution is 5.86. The van der Waals surface area contributed by atoms with Crippen LogP contribution in [0.1, 0.15) is 18.4 Å². The highest BCUT2D eigenvalue weighted by atomic mass is 35.5. The standard InChI is InChI=1S/C16H22FN3O3.ClH/c17-13-3-1-2-12(10-13)11-14(21)19-6-7-20-15(22)16(18)4-8-23-9-5-16;/h1-3,10H,4-9,11,18H2,(H,19,21)(H,20,22);1H. The summed E-state index contributed by atoms with van der Waals surface area (Å²) in [5, 5.41) is 5.41. The molecule has 0 atom stereocenters. The minimum atomic E-state index is -0.885. The van der Waals surface area contributed by atoms with E-state index in [0.29, 0.717) is 44.7 Å². The first kappa shape index (κ1) is 20.3. The van der Waals surface area contributed by atoms with E-state index >= 15 is 0 Å². The van der Waals surface area contributed by atoms with E-state index in [1.807, 2.05) is 0 Å². The molecule has 2 amide bonds. The van der Waals surface area contributed by atoms with Gasteiger partial charge >= 0.3 is 0 Å². The largest absolute Gasteiger partial charge is 0.381 e. The van der Waals surface area contributed by atoms with Gasteiger partial charge in [-0.2, -0.15) is 0 Å². The van der Waals surface area contributed by atoms with Crippen molar-refractivity contribution in [2.75, 3.05) is 26.3 Å². The van der Waals surface area contributed by atoms with Crippen molar-refractivity contribution in [2.24, 2.45) is 5.73 Å². The molecule has 8 heteroatoms. The fourth-order valence-corrected chi connectivity index (χ4v) is 2.41. The number of amides is 2. The van der Waals surface area contributed by atoms with Crippen LogP contribution in [0.2, 0.25) is 0 Å². The zero-order chi connectivity index (χ0) is 16.7. The molecule has 0 radical (unpaired) electrons. The van der Waals surface area contributed by atoms with Crippen LogP contribution in [0.4, 0.5) is 4.39 Å². The first-order valence-corrected chi connectivity index (χ1v) is 7.66. The average molecular weight is 360 g/mol. The zero-order valence-corrected chi connectivity index (χ0v) is 14.2. The molecule has 1 saturated heterocycles. The fourth-order valence-electron chi connectivity index (χ4n) is 2.41. The summed E-state index contributed by atoms with van der Waals surface area (Å²) in [6, 6.07) is 5.90. The van der Waals surface area contributed by atoms with E-state index in [1.165, 1.54) is 12.1 Å². The number of hydrogen-bond acceptors (Lipinski definition) is 4. The number of benzene rings is 1. The Morgan fingerprint density at radius 2 is 1.88 bits per heavy atom. The van der Waals surface area contributed by atoms with Crippen molar-refractivity contribution in [3.8, 4) is 0 Å². The predicted octanol–water partition coefficient (Wildman–Crippen LogP) is 0.530. The number of hydrogen-bond donors (Lipinski definition) is 3. The maximum atomic E-state index is 13.0. The summed E-state index contributed by atoms with van der Waals surface area (Å²) in [6.07, 6.45) is 1.08. The number of nitrogens with two attached hydrogens (primary N) is 1. The molecule has 24 heavy (non-hydrogen) atoms. The normalized spacial score (nSPS) is 15.9. The van der Waals surface area contributed by atoms with Crippen molar-refractivity contribution < 1.29 is 18.7 Å². The molecule has 1 aromatic carbocycles. The van der Waals surface area contributed by atoms with Gasteiger partial charge in [-0.05, 0) is 30.5 Å². The van der Waals surface area contributed by atoms with Crippen molar-refractivity contribution in [1.82, 2.24) is 10.6 Å². The van der Waals surface area contributed by atoms with Crippen molar-refractivity contribution in [3.63, 3.8) is 0 Å². The Morgan fingerprint density at radius 3 is 2.54 bits per heavy atom. The molecule has 0 saturated carbocycles. The molecule has 1 heterocycles. The molecule has 0 aromatic heterocycles. The van der Waals surface area contributed by atoms with Gasteiger partial charge in [-0.3, -0.25) is 9.59 Å². The topological polar surface area (TPSA) is 93.5 Å². The van der Waals surface area contributed by atoms with E-state index in [9.17, 15) is 14.0 Å². The van der Waals surface area contributed by atoms with Crippen LogP contribution in [0.15, 0.2) is 24.3 Å². The van der Waals surface area contributed by atoms with Crippen LogP contribution in [0.25, 0.3) is 0 Å². The molecule has 4 N–H and O–H groups in total. The first-order chi connectivity index (χ1) is 11.0. The lowest BCUT2D eigenvalue weighted by atomic mass is 9.90. The van der Waals surface area contributed by atoms with Crippen LogP contribution >= 0.6 is 12.4 Å². The van der Waals surface area contributed by atoms with Gasteiger partial charge in [0.15, 0.2) is 0 Å². The third kappa shape index (κ3) is 6.07. The highest BCUT2D eigenvalue weighted by Crippen LogP contribution is 2.17. The molecule has 0 bridgehead atoms. The van der Waals surface area contributed by atoms with Gasteiger partial charge in [-0.15, -0.1) is 12.4 Å². The van der Waals surface area contributed by atoms with Gasteiger partial charge in [0.05, 0.1) is 12.0 Å². The molecule has 1 fully saturated rings. The van der Waals surface area contributed by atoms with Gasteiger partial charge in [0.1, 0.15) is 5.82 Å². The van der Waals surface area contributed by atoms with Gasteiger partial charge in [0.2, 0.25) is 11.8 Å². The van der Waals surface area contributed by atoms with Gasteiger partial charge < -0.3 is 21.1 Å². The van der Waals surface area contributed by atoms with Gasteiger partial charge in [0, 0.05) is 26.3 Å². The number of nitrogens with one attached hydrogen (secondary N) is 2. The number of carbonyl (C=O) groups is 2. The molecular weight excluding hydrogens is 337 g/mol. The van der Waals surface area contributed by atoms with Gasteiger partial charge in [0.25, 0.3) is 0 Å². The first-order valence-electron chi connectivity index (χ1n) is 7.66. The quantitative estimate of drug-likeness (QED) is 0.646. The second-order valence-corrected chi connectivity index (χ2v) is 5.68. The molecule has 0 spiro atoms. The minimum Gasteiger partial charge on any atom is -0.381 e. The third-order valence-electron chi connectivity index (χ3n) is 3.82. The van der Waals surface area contributed by atoms with E-state index < -0.39 is 5.54 Å². The summed E-state index contributed by atoms with van der Waals surface area (Å²) in [5.41, 5.74) is 5.77. The van der Waals surface area contributed by atoms with Crippen LogP contribution in [0.5, 0.6) is 0 Å². The van der Waals surface area contributed by atoms with Crippen LogP contribution < -0.4 is 16.4 Å². The number of rotatable bonds is 6. The van der Waals surface area contributed by atoms with E-state index in [-0.39, 0.29) is 36.5 Å². The maximum absolute atomic E-state index is 13.0. The van der Waals surface area contributed by atoms with Crippen LogP contribution in [0, 0.1) is 5.82 Å². The zero-order valence-electron chi connectivity index (χ0n) is 13.3. The number of halogens is 2. The Kier molecular flexibility index (Phi) is 8.10. The third-order valence-corrected chi connectivity index (χ3v) is 3.82. The van der Waals surface area contributed by atoms with E-state index in [0.717, 1.165) is 0 Å². The molecule has 0 unspecified atom stereocenters. The maximum Gasteiger partial charge on any atom is 0.240 e. The van der Waals surface area contributed by atoms with Crippen molar-refractivity contribution >= 4 is 24.2 Å². The van der Waals surface area contributed by atoms with Gasteiger partial charge in [-0.1, -0.05) is 12.1 Å². The van der Waals surface area contributed by atoms with Crippen molar-refractivity contribution in [1.29, 1.82) is 0 Å². The van der Waals surface area contributed by atoms with E-state index in [4.69, 9.17) is 10.5 Å². The molecule has 1 aromatic rings. The summed E-state index contributed by atoms with van der Waals surface area (Å²) < 4.78 is 18.2. The Balaban J connectivity index is 0.00000288. The summed E-state index contributed by atoms with van der Waals surface area (Å²) >= 11 is 0. The average Bonchev–Trinajstić information content (AvgIpc) is 2.52. The molecule has 134 valence electrons. The monoisotopic (exact) mass is 359 g/mol. The molecule has 2 rings (SSSR count). The smallest absolute Gasteiger partial charge is 0.240 e. The molecule has 1 aliphatic heterocycles. The SMILES string of the molecule is Cl.NC1(C(=O)NCCNC(=O)Cc2cccc(F)c2)CCOCC1. The lowest BCUT2D eigenvalue weighted by Gasteiger charge is -2.31. The summed E-state index contributed by atoms with van der Waals surface area (Å²) in [7, 11) is 0. The molecule has 1 aliphatic rings. The molecule has 6 nitrogen and oxygen atoms in total. The highest BCUT2D eigenvalue weighted by Gasteiger charge is 2.35. The van der Waals surface area contributed by atoms with Crippen LogP contribution in [-0.2, 0) is 20.7 Å². The number of ether oxygens (including phenoxy) is 1. The van der Waals surface area contributed by atoms with Crippen molar-refractivity contribution in [2.45, 2.75) is 24.8 Å². The lowest BCUT2D eigenvalue weighted by Crippen LogP contribution is -2.57. The Bertz CT molecular complexity index is 565. The Hall–Kier alpha value is -1.70. The second-order valence-electron chi connectivity index (χ2n) is 5.68. The van der Waals surface area contributed by atoms with Crippen molar-refractivity contribution in [3.05, 3.63) is 35.6 Å². The molecular formula is C16H23ClFN3O3. The lowest BCUT2D eigenvalue weighted by molar-refractivity contribution is -0.130. The minimum absolute atomic E-state index is 0.